The molecule has 0 spiro atoms. The molecule has 14 heavy (non-hydrogen) atoms. The van der Waals surface area contributed by atoms with Crippen LogP contribution in [0.3, 0.4) is 0 Å². The molecule has 72 valence electrons. The average molecular weight is 206 g/mol. The summed E-state index contributed by atoms with van der Waals surface area (Å²) in [5.41, 5.74) is 1.73. The van der Waals surface area contributed by atoms with Crippen LogP contribution in [0.5, 0.6) is 0 Å². The first-order valence-corrected chi connectivity index (χ1v) is 5.24. The fourth-order valence-corrected chi connectivity index (χ4v) is 1.99. The number of hydrogen-bond acceptors (Lipinski definition) is 3. The molecular formula is C10H10N2OS. The zero-order chi connectivity index (χ0) is 9.97. The number of ketones is 1. The van der Waals surface area contributed by atoms with Gasteiger partial charge < -0.3 is 0 Å². The van der Waals surface area contributed by atoms with E-state index in [9.17, 15) is 4.79 Å². The van der Waals surface area contributed by atoms with Gasteiger partial charge in [0, 0.05) is 19.7 Å². The minimum Gasteiger partial charge on any atom is -0.292 e. The summed E-state index contributed by atoms with van der Waals surface area (Å²) in [6.45, 7) is 0. The van der Waals surface area contributed by atoms with E-state index in [2.05, 4.69) is 5.10 Å². The molecule has 2 aromatic rings. The van der Waals surface area contributed by atoms with Gasteiger partial charge in [-0.05, 0) is 28.5 Å². The van der Waals surface area contributed by atoms with Gasteiger partial charge in [-0.15, -0.1) is 0 Å². The van der Waals surface area contributed by atoms with E-state index in [-0.39, 0.29) is 5.78 Å². The molecule has 0 aliphatic rings. The molecule has 2 rings (SSSR count). The van der Waals surface area contributed by atoms with E-state index < -0.39 is 0 Å². The number of nitrogens with zero attached hydrogens (tertiary/aromatic N) is 2. The van der Waals surface area contributed by atoms with Gasteiger partial charge in [0.1, 0.15) is 5.69 Å². The van der Waals surface area contributed by atoms with Crippen LogP contribution < -0.4 is 0 Å². The van der Waals surface area contributed by atoms with Crippen LogP contribution >= 0.6 is 11.3 Å². The molecule has 0 saturated carbocycles. The highest BCUT2D eigenvalue weighted by atomic mass is 32.1. The quantitative estimate of drug-likeness (QED) is 0.719. The summed E-state index contributed by atoms with van der Waals surface area (Å²) < 4.78 is 1.61. The molecule has 2 heterocycles. The minimum atomic E-state index is 0.114. The molecule has 0 fully saturated rings. The van der Waals surface area contributed by atoms with Gasteiger partial charge >= 0.3 is 0 Å². The monoisotopic (exact) mass is 206 g/mol. The van der Waals surface area contributed by atoms with Gasteiger partial charge in [0.25, 0.3) is 0 Å². The van der Waals surface area contributed by atoms with Crippen molar-refractivity contribution in [3.8, 4) is 0 Å². The number of hydrogen-bond donors (Lipinski definition) is 0. The van der Waals surface area contributed by atoms with Gasteiger partial charge in [-0.1, -0.05) is 0 Å². The van der Waals surface area contributed by atoms with Crippen molar-refractivity contribution in [1.82, 2.24) is 9.78 Å². The number of carbonyl (C=O) groups is 1. The zero-order valence-corrected chi connectivity index (χ0v) is 8.62. The summed E-state index contributed by atoms with van der Waals surface area (Å²) in [7, 11) is 1.78. The number of rotatable bonds is 3. The molecule has 0 aliphatic carbocycles. The van der Waals surface area contributed by atoms with Gasteiger partial charge in [0.2, 0.25) is 0 Å². The van der Waals surface area contributed by atoms with Crippen LogP contribution in [0.15, 0.2) is 29.1 Å². The third kappa shape index (κ3) is 1.75. The maximum Gasteiger partial charge on any atom is 0.185 e. The van der Waals surface area contributed by atoms with Gasteiger partial charge in [0.05, 0.1) is 0 Å². The zero-order valence-electron chi connectivity index (χ0n) is 7.80. The number of aryl methyl sites for hydroxylation is 1. The molecule has 0 bridgehead atoms. The van der Waals surface area contributed by atoms with E-state index in [1.807, 2.05) is 16.8 Å². The summed E-state index contributed by atoms with van der Waals surface area (Å²) in [6, 6.07) is 3.72. The second kappa shape index (κ2) is 3.75. The van der Waals surface area contributed by atoms with Crippen LogP contribution in [-0.4, -0.2) is 15.6 Å². The lowest BCUT2D eigenvalue weighted by molar-refractivity contribution is 0.0984. The highest BCUT2D eigenvalue weighted by Gasteiger charge is 2.10. The predicted octanol–water partition coefficient (Wildman–Crippen LogP) is 1.91. The van der Waals surface area contributed by atoms with E-state index in [4.69, 9.17) is 0 Å². The third-order valence-electron chi connectivity index (χ3n) is 2.05. The SMILES string of the molecule is Cn1nccc1C(=O)Cc1ccsc1. The molecule has 0 aliphatic heterocycles. The number of Topliss-reactive ketones (excluding diaryl/α,β-unsaturated/α-hetero) is 1. The Hall–Kier alpha value is -1.42. The molecule has 0 atom stereocenters. The van der Waals surface area contributed by atoms with Crippen molar-refractivity contribution in [2.75, 3.05) is 0 Å². The fraction of sp³-hybridized carbons (Fsp3) is 0.200. The van der Waals surface area contributed by atoms with Crippen molar-refractivity contribution < 1.29 is 4.79 Å². The highest BCUT2D eigenvalue weighted by Crippen LogP contribution is 2.10. The molecule has 0 amide bonds. The highest BCUT2D eigenvalue weighted by molar-refractivity contribution is 7.08. The Balaban J connectivity index is 2.14. The Bertz CT molecular complexity index is 431. The molecular weight excluding hydrogens is 196 g/mol. The Labute approximate surface area is 86.0 Å². The second-order valence-corrected chi connectivity index (χ2v) is 3.85. The summed E-state index contributed by atoms with van der Waals surface area (Å²) in [5.74, 6) is 0.114. The van der Waals surface area contributed by atoms with Crippen LogP contribution in [0.1, 0.15) is 16.1 Å². The summed E-state index contributed by atoms with van der Waals surface area (Å²) in [6.07, 6.45) is 2.10. The first-order chi connectivity index (χ1) is 6.77. The van der Waals surface area contributed by atoms with Crippen molar-refractivity contribution in [1.29, 1.82) is 0 Å². The Morgan fingerprint density at radius 3 is 3.00 bits per heavy atom. The lowest BCUT2D eigenvalue weighted by atomic mass is 10.1. The van der Waals surface area contributed by atoms with Crippen LogP contribution in [0.4, 0.5) is 0 Å². The van der Waals surface area contributed by atoms with E-state index in [0.717, 1.165) is 5.56 Å². The number of thiophene rings is 1. The molecule has 0 unspecified atom stereocenters. The lowest BCUT2D eigenvalue weighted by Gasteiger charge is -1.99. The largest absolute Gasteiger partial charge is 0.292 e. The third-order valence-corrected chi connectivity index (χ3v) is 2.78. The number of aromatic nitrogens is 2. The molecule has 0 aromatic carbocycles. The predicted molar refractivity (Wildman–Crippen MR) is 55.6 cm³/mol. The van der Waals surface area contributed by atoms with E-state index in [1.165, 1.54) is 0 Å². The smallest absolute Gasteiger partial charge is 0.185 e. The van der Waals surface area contributed by atoms with Crippen molar-refractivity contribution in [2.24, 2.45) is 7.05 Å². The van der Waals surface area contributed by atoms with E-state index in [1.54, 1.807) is 35.3 Å². The Morgan fingerprint density at radius 2 is 2.43 bits per heavy atom. The maximum atomic E-state index is 11.7. The van der Waals surface area contributed by atoms with Crippen LogP contribution in [0, 0.1) is 0 Å². The lowest BCUT2D eigenvalue weighted by Crippen LogP contribution is -2.09. The first-order valence-electron chi connectivity index (χ1n) is 4.29. The standard InChI is InChI=1S/C10H10N2OS/c1-12-9(2-4-11-12)10(13)6-8-3-5-14-7-8/h2-5,7H,6H2,1H3. The van der Waals surface area contributed by atoms with Crippen molar-refractivity contribution in [2.45, 2.75) is 6.42 Å². The van der Waals surface area contributed by atoms with E-state index >= 15 is 0 Å². The average Bonchev–Trinajstić information content (AvgIpc) is 2.75. The molecule has 0 saturated heterocycles. The molecule has 4 heteroatoms. The van der Waals surface area contributed by atoms with Crippen molar-refractivity contribution in [3.05, 3.63) is 40.3 Å². The summed E-state index contributed by atoms with van der Waals surface area (Å²) in [4.78, 5) is 11.7. The van der Waals surface area contributed by atoms with Crippen LogP contribution in [0.25, 0.3) is 0 Å². The first kappa shape index (κ1) is 9.15. The summed E-state index contributed by atoms with van der Waals surface area (Å²) >= 11 is 1.61. The van der Waals surface area contributed by atoms with E-state index in [0.29, 0.717) is 12.1 Å². The molecule has 0 N–H and O–H groups in total. The van der Waals surface area contributed by atoms with Crippen LogP contribution in [0.2, 0.25) is 0 Å². The summed E-state index contributed by atoms with van der Waals surface area (Å²) in [5, 5.41) is 7.94. The van der Waals surface area contributed by atoms with Gasteiger partial charge in [-0.2, -0.15) is 16.4 Å². The van der Waals surface area contributed by atoms with Gasteiger partial charge in [-0.25, -0.2) is 0 Å². The maximum absolute atomic E-state index is 11.7. The van der Waals surface area contributed by atoms with Crippen molar-refractivity contribution >= 4 is 17.1 Å². The van der Waals surface area contributed by atoms with Gasteiger partial charge in [-0.3, -0.25) is 9.48 Å². The van der Waals surface area contributed by atoms with Gasteiger partial charge in [0.15, 0.2) is 5.78 Å². The Morgan fingerprint density at radius 1 is 1.57 bits per heavy atom. The Kier molecular flexibility index (Phi) is 2.45. The fourth-order valence-electron chi connectivity index (χ4n) is 1.32. The topological polar surface area (TPSA) is 34.9 Å². The molecule has 0 radical (unpaired) electrons. The number of carbonyl (C=O) groups excluding carboxylic acids is 1. The minimum absolute atomic E-state index is 0.114. The van der Waals surface area contributed by atoms with Crippen LogP contribution in [-0.2, 0) is 13.5 Å². The second-order valence-electron chi connectivity index (χ2n) is 3.07. The molecule has 2 aromatic heterocycles. The van der Waals surface area contributed by atoms with Crippen molar-refractivity contribution in [3.63, 3.8) is 0 Å². The molecule has 3 nitrogen and oxygen atoms in total. The normalized spacial score (nSPS) is 10.4.